The van der Waals surface area contributed by atoms with Crippen molar-refractivity contribution in [2.75, 3.05) is 26.4 Å². The Kier molecular flexibility index (Phi) is 18.6. The second kappa shape index (κ2) is 14.7. The maximum Gasteiger partial charge on any atom is 2.00 e. The summed E-state index contributed by atoms with van der Waals surface area (Å²) in [4.78, 5) is 0. The molecule has 0 bridgehead atoms. The van der Waals surface area contributed by atoms with Gasteiger partial charge in [-0.15, -0.1) is 0 Å². The van der Waals surface area contributed by atoms with E-state index in [0.717, 1.165) is 0 Å². The van der Waals surface area contributed by atoms with Crippen LogP contribution in [0.4, 0.5) is 61.5 Å². The normalized spacial score (nSPS) is 12.6. The van der Waals surface area contributed by atoms with E-state index in [2.05, 4.69) is 4.74 Å². The summed E-state index contributed by atoms with van der Waals surface area (Å²) in [7, 11) is 0. The first-order valence-corrected chi connectivity index (χ1v) is 5.86. The van der Waals surface area contributed by atoms with Gasteiger partial charge in [0.25, 0.3) is 0 Å². The molecule has 0 saturated carbocycles. The smallest absolute Gasteiger partial charge is 0.438 e. The van der Waals surface area contributed by atoms with Gasteiger partial charge >= 0.3 is 52.0 Å². The zero-order valence-electron chi connectivity index (χ0n) is 13.1. The zero-order valence-corrected chi connectivity index (χ0v) is 17.2. The first kappa shape index (κ1) is 35.3. The standard InChI is InChI=1S/C4H10O3.2C3F7.Cd/c5-1-3-7-4-2-6;2*4-1(2(5,6)7)3(8,9)10;/h5-6H,1-4H2;;;/q;2*-1;+2. The second-order valence-corrected chi connectivity index (χ2v) is 3.68. The SMILES string of the molecule is F[C-](C(F)(F)F)C(F)(F)F.F[C-](C(F)(F)F)C(F)(F)F.OCCOCCO.[Cd+2]. The molecule has 0 unspecified atom stereocenters. The van der Waals surface area contributed by atoms with E-state index in [9.17, 15) is 61.5 Å². The fraction of sp³-hybridized carbons (Fsp3) is 0.800. The van der Waals surface area contributed by atoms with Gasteiger partial charge in [0.15, 0.2) is 0 Å². The van der Waals surface area contributed by atoms with Crippen molar-refractivity contribution in [1.82, 2.24) is 0 Å². The summed E-state index contributed by atoms with van der Waals surface area (Å²) < 4.78 is 157. The van der Waals surface area contributed by atoms with Crippen LogP contribution in [-0.4, -0.2) is 61.3 Å². The molecule has 168 valence electrons. The van der Waals surface area contributed by atoms with Crippen LogP contribution in [0.1, 0.15) is 0 Å². The van der Waals surface area contributed by atoms with Crippen LogP contribution in [0.5, 0.6) is 0 Å². The van der Waals surface area contributed by atoms with Gasteiger partial charge in [0.1, 0.15) is 0 Å². The number of rotatable bonds is 4. The summed E-state index contributed by atoms with van der Waals surface area (Å²) in [5, 5.41) is 16.2. The van der Waals surface area contributed by atoms with Crippen LogP contribution >= 0.6 is 0 Å². The molecule has 18 heteroatoms. The molecule has 0 aromatic heterocycles. The van der Waals surface area contributed by atoms with Crippen molar-refractivity contribution in [3.8, 4) is 0 Å². The molecule has 0 heterocycles. The molecule has 0 aliphatic carbocycles. The van der Waals surface area contributed by atoms with Gasteiger partial charge in [0.05, 0.1) is 26.4 Å². The Bertz CT molecular complexity index is 302. The molecular weight excluding hydrogens is 546 g/mol. The molecule has 0 aliphatic rings. The van der Waals surface area contributed by atoms with Crippen molar-refractivity contribution < 1.29 is 104 Å². The zero-order chi connectivity index (χ0) is 22.7. The Morgan fingerprint density at radius 2 is 0.714 bits per heavy atom. The molecule has 0 fully saturated rings. The summed E-state index contributed by atoms with van der Waals surface area (Å²) in [6.07, 6.45) is -31.6. The number of alkyl halides is 12. The molecule has 0 aromatic rings. The minimum atomic E-state index is -5.93. The Morgan fingerprint density at radius 3 is 0.786 bits per heavy atom. The monoisotopic (exact) mass is 558 g/mol. The van der Waals surface area contributed by atoms with Crippen LogP contribution in [0.2, 0.25) is 0 Å². The summed E-state index contributed by atoms with van der Waals surface area (Å²) in [5.41, 5.74) is 0. The fourth-order valence-corrected chi connectivity index (χ4v) is 0.553. The van der Waals surface area contributed by atoms with Crippen LogP contribution < -0.4 is 0 Å². The molecule has 2 N–H and O–H groups in total. The van der Waals surface area contributed by atoms with Crippen molar-refractivity contribution >= 4 is 0 Å². The average Bonchev–Trinajstić information content (AvgIpc) is 2.44. The number of aliphatic hydroxyl groups excluding tert-OH is 2. The number of aliphatic hydroxyl groups is 2. The minimum Gasteiger partial charge on any atom is -0.438 e. The first-order chi connectivity index (χ1) is 11.7. The van der Waals surface area contributed by atoms with Gasteiger partial charge in [0, 0.05) is 12.3 Å². The molecule has 0 aromatic carbocycles. The average molecular weight is 557 g/mol. The minimum absolute atomic E-state index is 0. The third-order valence-corrected chi connectivity index (χ3v) is 1.47. The van der Waals surface area contributed by atoms with E-state index in [1.165, 1.54) is 0 Å². The number of halogens is 14. The van der Waals surface area contributed by atoms with E-state index >= 15 is 0 Å². The van der Waals surface area contributed by atoms with Crippen LogP contribution in [-0.2, 0) is 32.0 Å². The van der Waals surface area contributed by atoms with Crippen molar-refractivity contribution in [3.05, 3.63) is 12.3 Å². The quantitative estimate of drug-likeness (QED) is 0.236. The number of hydrogen-bond donors (Lipinski definition) is 2. The maximum absolute atomic E-state index is 11.1. The molecule has 0 aliphatic heterocycles. The maximum atomic E-state index is 11.1. The summed E-state index contributed by atoms with van der Waals surface area (Å²) >= 11 is 0. The Balaban J connectivity index is -0.000000154. The van der Waals surface area contributed by atoms with E-state index < -0.39 is 37.0 Å². The van der Waals surface area contributed by atoms with Crippen molar-refractivity contribution in [2.24, 2.45) is 0 Å². The summed E-state index contributed by atoms with van der Waals surface area (Å²) in [5.74, 6) is 0. The van der Waals surface area contributed by atoms with E-state index in [4.69, 9.17) is 10.2 Å². The van der Waals surface area contributed by atoms with Crippen molar-refractivity contribution in [3.63, 3.8) is 0 Å². The van der Waals surface area contributed by atoms with Gasteiger partial charge in [-0.2, -0.15) is 0 Å². The summed E-state index contributed by atoms with van der Waals surface area (Å²) in [6.45, 7) is 0.696. The third kappa shape index (κ3) is 20.6. The van der Waals surface area contributed by atoms with E-state index in [0.29, 0.717) is 13.2 Å². The fourth-order valence-electron chi connectivity index (χ4n) is 0.553. The van der Waals surface area contributed by atoms with Gasteiger partial charge in [-0.1, -0.05) is 0 Å². The molecular formula is C10H10CdF14O3. The Labute approximate surface area is 167 Å². The van der Waals surface area contributed by atoms with E-state index in [1.54, 1.807) is 0 Å². The summed E-state index contributed by atoms with van der Waals surface area (Å²) in [6, 6.07) is 0. The topological polar surface area (TPSA) is 49.7 Å². The molecule has 28 heavy (non-hydrogen) atoms. The predicted molar refractivity (Wildman–Crippen MR) is 57.9 cm³/mol. The van der Waals surface area contributed by atoms with Crippen molar-refractivity contribution in [1.29, 1.82) is 0 Å². The molecule has 3 nitrogen and oxygen atoms in total. The van der Waals surface area contributed by atoms with Crippen LogP contribution in [0.25, 0.3) is 0 Å². The third-order valence-electron chi connectivity index (χ3n) is 1.47. The second-order valence-electron chi connectivity index (χ2n) is 3.68. The van der Waals surface area contributed by atoms with Gasteiger partial charge < -0.3 is 23.7 Å². The Morgan fingerprint density at radius 1 is 0.536 bits per heavy atom. The number of hydrogen-bond acceptors (Lipinski definition) is 3. The molecule has 0 atom stereocenters. The van der Waals surface area contributed by atoms with Crippen LogP contribution in [0.3, 0.4) is 0 Å². The van der Waals surface area contributed by atoms with Crippen molar-refractivity contribution in [2.45, 2.75) is 24.7 Å². The molecule has 0 saturated heterocycles. The molecule has 0 spiro atoms. The molecule has 0 radical (unpaired) electrons. The van der Waals surface area contributed by atoms with Crippen LogP contribution in [0, 0.1) is 12.3 Å². The Hall–Kier alpha value is -0.178. The molecule has 0 rings (SSSR count). The van der Waals surface area contributed by atoms with Crippen LogP contribution in [0.15, 0.2) is 0 Å². The first-order valence-electron chi connectivity index (χ1n) is 5.86. The van der Waals surface area contributed by atoms with E-state index in [-0.39, 0.29) is 40.5 Å². The van der Waals surface area contributed by atoms with Gasteiger partial charge in [-0.05, 0) is 0 Å². The van der Waals surface area contributed by atoms with Gasteiger partial charge in [-0.3, -0.25) is 0 Å². The van der Waals surface area contributed by atoms with Gasteiger partial charge in [0.2, 0.25) is 0 Å². The van der Waals surface area contributed by atoms with E-state index in [1.807, 2.05) is 0 Å². The number of ether oxygens (including phenoxy) is 1. The largest absolute Gasteiger partial charge is 2.00 e. The van der Waals surface area contributed by atoms with Gasteiger partial charge in [-0.25, -0.2) is 52.7 Å². The predicted octanol–water partition coefficient (Wildman–Crippen LogP) is 4.21. The molecule has 0 amide bonds.